The molecule has 6 heteroatoms. The molecule has 0 bridgehead atoms. The summed E-state index contributed by atoms with van der Waals surface area (Å²) in [5.41, 5.74) is 9.51. The van der Waals surface area contributed by atoms with E-state index in [0.717, 1.165) is 110 Å². The Morgan fingerprint density at radius 3 is 2.15 bits per heavy atom. The maximum Gasteiger partial charge on any atom is 0.210 e. The molecule has 270 valence electrons. The molecule has 0 amide bonds. The van der Waals surface area contributed by atoms with Crippen molar-refractivity contribution < 1.29 is 24.1 Å². The zero-order valence-electron chi connectivity index (χ0n) is 31.8. The van der Waals surface area contributed by atoms with E-state index in [4.69, 9.17) is 9.47 Å². The van der Waals surface area contributed by atoms with Crippen molar-refractivity contribution in [3.05, 3.63) is 152 Å². The molecular weight excluding hydrogens is 669 g/mol. The first kappa shape index (κ1) is 34.0. The molecule has 6 nitrogen and oxygen atoms in total. The number of ether oxygens (including phenoxy) is 2. The van der Waals surface area contributed by atoms with E-state index < -0.39 is 5.92 Å². The molecule has 0 spiro atoms. The summed E-state index contributed by atoms with van der Waals surface area (Å²) in [6.07, 6.45) is 7.74. The predicted octanol–water partition coefficient (Wildman–Crippen LogP) is 6.52. The standard InChI is InChI=1S/C48H44N2O4/c1-47(2,3)39-25-34(30-13-7-9-16-37(30)53-39)32-19-18-28(29-21-23-50-44(29)32)24-36-45(51)42(46(36)52)41(33-15-11-12-27-20-22-49-43(27)33)35-26-40(48(4,5)6)54-38-17-10-8-14-31(35)38/h7-19,24-26,42,49H,20-23H2,1-6H3/p+1. The maximum atomic E-state index is 14.6. The van der Waals surface area contributed by atoms with Gasteiger partial charge in [0.05, 0.1) is 10.8 Å². The summed E-state index contributed by atoms with van der Waals surface area (Å²) < 4.78 is 12.8. The molecule has 0 unspecified atom stereocenters. The molecule has 4 aliphatic heterocycles. The second-order valence-electron chi connectivity index (χ2n) is 16.9. The summed E-state index contributed by atoms with van der Waals surface area (Å²) in [5, 5.41) is 5.70. The van der Waals surface area contributed by atoms with Crippen molar-refractivity contribution in [2.75, 3.05) is 18.4 Å². The van der Waals surface area contributed by atoms with Crippen LogP contribution in [0, 0.1) is 16.7 Å². The lowest BCUT2D eigenvalue weighted by Gasteiger charge is -2.34. The quantitative estimate of drug-likeness (QED) is 0.144. The Labute approximate surface area is 316 Å². The second-order valence-corrected chi connectivity index (χ2v) is 16.9. The Kier molecular flexibility index (Phi) is 7.82. The molecule has 9 rings (SSSR count). The molecule has 4 aromatic carbocycles. The molecule has 1 aliphatic carbocycles. The van der Waals surface area contributed by atoms with Gasteiger partial charge in [0.2, 0.25) is 5.36 Å². The van der Waals surface area contributed by atoms with Crippen molar-refractivity contribution in [3.63, 3.8) is 0 Å². The number of carbonyl (C=O) groups excluding carboxylic acids is 2. The highest BCUT2D eigenvalue weighted by atomic mass is 16.5. The molecular formula is C48H45N2O4+. The number of anilines is 1. The van der Waals surface area contributed by atoms with E-state index in [2.05, 4.69) is 88.3 Å². The highest BCUT2D eigenvalue weighted by Gasteiger charge is 2.48. The van der Waals surface area contributed by atoms with Crippen molar-refractivity contribution in [2.24, 2.45) is 16.7 Å². The molecule has 0 radical (unpaired) electrons. The van der Waals surface area contributed by atoms with Gasteiger partial charge in [-0.25, -0.2) is 4.99 Å². The van der Waals surface area contributed by atoms with Crippen LogP contribution < -0.4 is 30.4 Å². The van der Waals surface area contributed by atoms with Crippen LogP contribution in [0.3, 0.4) is 0 Å². The Bertz CT molecular complexity index is 2570. The minimum Gasteiger partial charge on any atom is -0.461 e. The van der Waals surface area contributed by atoms with Crippen molar-refractivity contribution in [2.45, 2.75) is 54.4 Å². The van der Waals surface area contributed by atoms with Crippen LogP contribution in [0.2, 0.25) is 0 Å². The maximum absolute atomic E-state index is 14.6. The zero-order valence-corrected chi connectivity index (χ0v) is 31.8. The largest absolute Gasteiger partial charge is 0.461 e. The molecule has 0 aromatic heterocycles. The average molecular weight is 714 g/mol. The summed E-state index contributed by atoms with van der Waals surface area (Å²) in [7, 11) is 0. The van der Waals surface area contributed by atoms with Crippen LogP contribution in [0.25, 0.3) is 22.8 Å². The summed E-state index contributed by atoms with van der Waals surface area (Å²) in [6.45, 7) is 14.4. The summed E-state index contributed by atoms with van der Waals surface area (Å²) in [6, 6.07) is 26.5. The smallest absolute Gasteiger partial charge is 0.210 e. The lowest BCUT2D eigenvalue weighted by molar-refractivity contribution is -0.490. The van der Waals surface area contributed by atoms with Gasteiger partial charge in [-0.2, -0.15) is 0 Å². The number of nitrogens with one attached hydrogen (secondary N) is 2. The summed E-state index contributed by atoms with van der Waals surface area (Å²) in [4.78, 5) is 32.8. The summed E-state index contributed by atoms with van der Waals surface area (Å²) >= 11 is 0. The van der Waals surface area contributed by atoms with Crippen molar-refractivity contribution in [3.8, 4) is 11.5 Å². The van der Waals surface area contributed by atoms with Crippen LogP contribution in [0.15, 0.2) is 108 Å². The topological polar surface area (TPSA) is 78.6 Å². The predicted molar refractivity (Wildman–Crippen MR) is 213 cm³/mol. The highest BCUT2D eigenvalue weighted by Crippen LogP contribution is 2.50. The molecule has 0 atom stereocenters. The van der Waals surface area contributed by atoms with Gasteiger partial charge in [-0.05, 0) is 65.1 Å². The van der Waals surface area contributed by atoms with Gasteiger partial charge in [0.1, 0.15) is 35.5 Å². The normalized spacial score (nSPS) is 20.5. The number of Topliss-reactive ketones (excluding diaryl/α,β-unsaturated/α-hetero) is 2. The average Bonchev–Trinajstić information content (AvgIpc) is 3.85. The van der Waals surface area contributed by atoms with Crippen LogP contribution in [0.4, 0.5) is 5.69 Å². The Hall–Kier alpha value is -5.75. The zero-order chi connectivity index (χ0) is 37.5. The number of allylic oxidation sites excluding steroid dienone is 7. The molecule has 1 saturated carbocycles. The van der Waals surface area contributed by atoms with Crippen LogP contribution in [0.5, 0.6) is 11.5 Å². The van der Waals surface area contributed by atoms with Gasteiger partial charge in [-0.1, -0.05) is 102 Å². The first-order chi connectivity index (χ1) is 25.9. The second kappa shape index (κ2) is 12.4. The van der Waals surface area contributed by atoms with Gasteiger partial charge in [-0.3, -0.25) is 9.59 Å². The third-order valence-electron chi connectivity index (χ3n) is 11.2. The molecule has 4 aromatic rings. The van der Waals surface area contributed by atoms with E-state index in [9.17, 15) is 9.59 Å². The SMILES string of the molecule is CC(C)(C)C1=CC(=C(c2cccc3c2NCC3)C2C(=O)C(=Cc3ccc(=C4C=C(C(C)(C)C)Oc5ccccc54)c4c3CC[NH+]=4)C2=O)c2ccccc2O1. The fourth-order valence-electron chi connectivity index (χ4n) is 8.32. The van der Waals surface area contributed by atoms with E-state index >= 15 is 0 Å². The lowest BCUT2D eigenvalue weighted by Crippen LogP contribution is -2.77. The van der Waals surface area contributed by atoms with E-state index in [0.29, 0.717) is 0 Å². The van der Waals surface area contributed by atoms with Crippen LogP contribution in [0.1, 0.15) is 74.9 Å². The molecule has 1 fully saturated rings. The minimum absolute atomic E-state index is 0.151. The highest BCUT2D eigenvalue weighted by molar-refractivity contribution is 6.46. The molecule has 0 saturated heterocycles. The number of hydrogen-bond acceptors (Lipinski definition) is 5. The van der Waals surface area contributed by atoms with Gasteiger partial charge in [0, 0.05) is 57.3 Å². The van der Waals surface area contributed by atoms with E-state index in [1.54, 1.807) is 0 Å². The van der Waals surface area contributed by atoms with Crippen molar-refractivity contribution in [1.82, 2.24) is 0 Å². The first-order valence-electron chi connectivity index (χ1n) is 19.0. The van der Waals surface area contributed by atoms with Crippen LogP contribution in [-0.4, -0.2) is 24.7 Å². The van der Waals surface area contributed by atoms with Crippen molar-refractivity contribution in [1.29, 1.82) is 0 Å². The van der Waals surface area contributed by atoms with Crippen LogP contribution in [-0.2, 0) is 22.4 Å². The van der Waals surface area contributed by atoms with E-state index in [1.807, 2.05) is 60.7 Å². The number of carbonyl (C=O) groups is 2. The Morgan fingerprint density at radius 2 is 1.43 bits per heavy atom. The van der Waals surface area contributed by atoms with Gasteiger partial charge in [0.15, 0.2) is 11.6 Å². The number of fused-ring (bicyclic) bond motifs is 4. The fourth-order valence-corrected chi connectivity index (χ4v) is 8.32. The third-order valence-corrected chi connectivity index (χ3v) is 11.2. The first-order valence-corrected chi connectivity index (χ1v) is 19.0. The Morgan fingerprint density at radius 1 is 0.759 bits per heavy atom. The minimum atomic E-state index is -0.926. The van der Waals surface area contributed by atoms with E-state index in [1.165, 1.54) is 5.56 Å². The van der Waals surface area contributed by atoms with Crippen LogP contribution >= 0.6 is 0 Å². The molecule has 2 N–H and O–H groups in total. The van der Waals surface area contributed by atoms with Crippen molar-refractivity contribution >= 4 is 40.0 Å². The van der Waals surface area contributed by atoms with Gasteiger partial charge >= 0.3 is 0 Å². The number of hydrogen-bond donors (Lipinski definition) is 2. The third kappa shape index (κ3) is 5.50. The molecule has 4 heterocycles. The number of rotatable bonds is 3. The number of ketones is 2. The Balaban J connectivity index is 1.19. The summed E-state index contributed by atoms with van der Waals surface area (Å²) in [5.74, 6) is 2.04. The lowest BCUT2D eigenvalue weighted by atomic mass is 9.67. The number of benzene rings is 4. The van der Waals surface area contributed by atoms with E-state index in [-0.39, 0.29) is 28.0 Å². The van der Waals surface area contributed by atoms with Gasteiger partial charge < -0.3 is 14.8 Å². The number of para-hydroxylation sites is 3. The fraction of sp³-hybridized carbons (Fsp3) is 0.271. The molecule has 54 heavy (non-hydrogen) atoms. The van der Waals surface area contributed by atoms with Gasteiger partial charge in [-0.15, -0.1) is 0 Å². The molecule has 5 aliphatic rings. The monoisotopic (exact) mass is 713 g/mol. The van der Waals surface area contributed by atoms with Gasteiger partial charge in [0.25, 0.3) is 0 Å².